The van der Waals surface area contributed by atoms with E-state index in [0.717, 1.165) is 5.57 Å². The fourth-order valence-electron chi connectivity index (χ4n) is 1.07. The Labute approximate surface area is 72.5 Å². The van der Waals surface area contributed by atoms with Crippen molar-refractivity contribution in [2.75, 3.05) is 0 Å². The van der Waals surface area contributed by atoms with Gasteiger partial charge in [0.25, 0.3) is 0 Å². The van der Waals surface area contributed by atoms with Crippen molar-refractivity contribution in [3.05, 3.63) is 36.0 Å². The third kappa shape index (κ3) is 2.74. The van der Waals surface area contributed by atoms with Gasteiger partial charge < -0.3 is 5.73 Å². The monoisotopic (exact) mass is 163 g/mol. The summed E-state index contributed by atoms with van der Waals surface area (Å²) in [7, 11) is 0. The molecule has 2 nitrogen and oxygen atoms in total. The van der Waals surface area contributed by atoms with Gasteiger partial charge in [0.15, 0.2) is 0 Å². The molecule has 64 valence electrons. The van der Waals surface area contributed by atoms with E-state index in [9.17, 15) is 4.79 Å². The van der Waals surface area contributed by atoms with Gasteiger partial charge in [-0.2, -0.15) is 0 Å². The maximum absolute atomic E-state index is 10.6. The molecule has 0 aliphatic heterocycles. The van der Waals surface area contributed by atoms with Crippen molar-refractivity contribution in [1.29, 1.82) is 0 Å². The summed E-state index contributed by atoms with van der Waals surface area (Å²) in [5.74, 6) is 0.153. The summed E-state index contributed by atoms with van der Waals surface area (Å²) in [6.45, 7) is 2.09. The third-order valence-corrected chi connectivity index (χ3v) is 1.72. The van der Waals surface area contributed by atoms with Crippen LogP contribution >= 0.6 is 0 Å². The zero-order valence-corrected chi connectivity index (χ0v) is 7.16. The maximum Gasteiger partial charge on any atom is 0.221 e. The smallest absolute Gasteiger partial charge is 0.221 e. The number of carbonyl (C=O) groups is 1. The molecule has 1 atom stereocenters. The van der Waals surface area contributed by atoms with Crippen LogP contribution in [0.1, 0.15) is 13.3 Å². The lowest BCUT2D eigenvalue weighted by atomic mass is 10.1. The quantitative estimate of drug-likeness (QED) is 0.659. The second kappa shape index (κ2) is 3.90. The van der Waals surface area contributed by atoms with Crippen LogP contribution in [-0.4, -0.2) is 5.91 Å². The zero-order chi connectivity index (χ0) is 8.97. The number of carbonyl (C=O) groups excluding carboxylic acids is 1. The topological polar surface area (TPSA) is 43.1 Å². The Balaban J connectivity index is 2.67. The minimum atomic E-state index is -0.283. The van der Waals surface area contributed by atoms with E-state index in [0.29, 0.717) is 12.3 Å². The molecular formula is C10H13NO. The number of amides is 1. The molecular weight excluding hydrogens is 150 g/mol. The minimum Gasteiger partial charge on any atom is -0.369 e. The molecule has 0 aromatic carbocycles. The van der Waals surface area contributed by atoms with Crippen molar-refractivity contribution in [1.82, 2.24) is 0 Å². The lowest BCUT2D eigenvalue weighted by Gasteiger charge is -1.95. The van der Waals surface area contributed by atoms with Crippen molar-refractivity contribution < 1.29 is 4.79 Å². The molecule has 1 aliphatic rings. The number of nitrogens with two attached hydrogens (primary N) is 1. The lowest BCUT2D eigenvalue weighted by molar-refractivity contribution is -0.117. The molecule has 0 bridgehead atoms. The van der Waals surface area contributed by atoms with Crippen molar-refractivity contribution in [2.24, 2.45) is 11.7 Å². The highest BCUT2D eigenvalue weighted by Gasteiger charge is 2.00. The van der Waals surface area contributed by atoms with E-state index >= 15 is 0 Å². The first-order valence-corrected chi connectivity index (χ1v) is 4.02. The van der Waals surface area contributed by atoms with E-state index in [-0.39, 0.29) is 5.91 Å². The summed E-state index contributed by atoms with van der Waals surface area (Å²) in [5, 5.41) is 0. The largest absolute Gasteiger partial charge is 0.369 e. The van der Waals surface area contributed by atoms with E-state index in [1.165, 1.54) is 0 Å². The van der Waals surface area contributed by atoms with Gasteiger partial charge >= 0.3 is 0 Å². The van der Waals surface area contributed by atoms with Gasteiger partial charge in [0.05, 0.1) is 6.42 Å². The summed E-state index contributed by atoms with van der Waals surface area (Å²) >= 11 is 0. The van der Waals surface area contributed by atoms with Crippen molar-refractivity contribution in [3.63, 3.8) is 0 Å². The first kappa shape index (κ1) is 8.78. The van der Waals surface area contributed by atoms with Gasteiger partial charge in [0.2, 0.25) is 5.91 Å². The average Bonchev–Trinajstić information content (AvgIpc) is 2.15. The average molecular weight is 163 g/mol. The van der Waals surface area contributed by atoms with Crippen molar-refractivity contribution in [3.8, 4) is 0 Å². The van der Waals surface area contributed by atoms with Crippen LogP contribution in [0.5, 0.6) is 0 Å². The second-order valence-corrected chi connectivity index (χ2v) is 2.99. The molecule has 1 unspecified atom stereocenters. The number of primary amides is 1. The first-order valence-electron chi connectivity index (χ1n) is 4.02. The molecule has 0 fully saturated rings. The molecule has 1 aliphatic carbocycles. The number of hydrogen-bond donors (Lipinski definition) is 1. The van der Waals surface area contributed by atoms with Gasteiger partial charge in [-0.25, -0.2) is 0 Å². The van der Waals surface area contributed by atoms with Crippen LogP contribution in [0.2, 0.25) is 0 Å². The minimum absolute atomic E-state index is 0.283. The molecule has 0 spiro atoms. The SMILES string of the molecule is CC1C=CC=C(CC(N)=O)C=C1. The van der Waals surface area contributed by atoms with E-state index in [4.69, 9.17) is 5.73 Å². The van der Waals surface area contributed by atoms with Gasteiger partial charge in [-0.15, -0.1) is 0 Å². The molecule has 2 heteroatoms. The highest BCUT2D eigenvalue weighted by molar-refractivity contribution is 5.77. The Hall–Kier alpha value is -1.31. The molecule has 2 N–H and O–H groups in total. The summed E-state index contributed by atoms with van der Waals surface area (Å²) in [6, 6.07) is 0. The van der Waals surface area contributed by atoms with Crippen LogP contribution < -0.4 is 5.73 Å². The number of rotatable bonds is 2. The Morgan fingerprint density at radius 3 is 3.00 bits per heavy atom. The molecule has 0 aromatic heterocycles. The second-order valence-electron chi connectivity index (χ2n) is 2.99. The number of allylic oxidation sites excluding steroid dienone is 5. The zero-order valence-electron chi connectivity index (χ0n) is 7.16. The van der Waals surface area contributed by atoms with Crippen LogP contribution in [0.4, 0.5) is 0 Å². The van der Waals surface area contributed by atoms with Gasteiger partial charge in [-0.1, -0.05) is 37.3 Å². The summed E-state index contributed by atoms with van der Waals surface area (Å²) in [4.78, 5) is 10.6. The van der Waals surface area contributed by atoms with Crippen molar-refractivity contribution in [2.45, 2.75) is 13.3 Å². The molecule has 1 rings (SSSR count). The van der Waals surface area contributed by atoms with E-state index in [1.54, 1.807) is 0 Å². The molecule has 0 aromatic rings. The van der Waals surface area contributed by atoms with Crippen LogP contribution in [0.3, 0.4) is 0 Å². The van der Waals surface area contributed by atoms with Gasteiger partial charge in [0, 0.05) is 0 Å². The summed E-state index contributed by atoms with van der Waals surface area (Å²) in [5.41, 5.74) is 6.05. The van der Waals surface area contributed by atoms with Gasteiger partial charge in [-0.05, 0) is 11.5 Å². The molecule has 1 amide bonds. The predicted molar refractivity (Wildman–Crippen MR) is 49.3 cm³/mol. The molecule has 0 heterocycles. The van der Waals surface area contributed by atoms with Crippen LogP contribution in [0, 0.1) is 5.92 Å². The van der Waals surface area contributed by atoms with Crippen molar-refractivity contribution >= 4 is 5.91 Å². The fourth-order valence-corrected chi connectivity index (χ4v) is 1.07. The Kier molecular flexibility index (Phi) is 2.86. The molecule has 0 saturated carbocycles. The predicted octanol–water partition coefficient (Wildman–Crippen LogP) is 1.55. The Morgan fingerprint density at radius 2 is 2.33 bits per heavy atom. The molecule has 12 heavy (non-hydrogen) atoms. The normalized spacial score (nSPS) is 21.8. The van der Waals surface area contributed by atoms with Crippen LogP contribution in [-0.2, 0) is 4.79 Å². The lowest BCUT2D eigenvalue weighted by Crippen LogP contribution is -2.10. The summed E-state index contributed by atoms with van der Waals surface area (Å²) in [6.07, 6.45) is 10.3. The summed E-state index contributed by atoms with van der Waals surface area (Å²) < 4.78 is 0. The van der Waals surface area contributed by atoms with Crippen LogP contribution in [0.25, 0.3) is 0 Å². The third-order valence-electron chi connectivity index (χ3n) is 1.72. The van der Waals surface area contributed by atoms with Crippen LogP contribution in [0.15, 0.2) is 36.0 Å². The molecule has 0 radical (unpaired) electrons. The highest BCUT2D eigenvalue weighted by Crippen LogP contribution is 2.11. The first-order chi connectivity index (χ1) is 5.68. The Bertz CT molecular complexity index is 261. The van der Waals surface area contributed by atoms with Gasteiger partial charge in [0.1, 0.15) is 0 Å². The van der Waals surface area contributed by atoms with Gasteiger partial charge in [-0.3, -0.25) is 4.79 Å². The van der Waals surface area contributed by atoms with E-state index < -0.39 is 0 Å². The standard InChI is InChI=1S/C10H13NO/c1-8-3-2-4-9(6-5-8)7-10(11)12/h2-6,8H,7H2,1H3,(H2,11,12). The van der Waals surface area contributed by atoms with E-state index in [2.05, 4.69) is 19.1 Å². The number of hydrogen-bond acceptors (Lipinski definition) is 1. The maximum atomic E-state index is 10.6. The fraction of sp³-hybridized carbons (Fsp3) is 0.300. The Morgan fingerprint density at radius 1 is 1.58 bits per heavy atom. The highest BCUT2D eigenvalue weighted by atomic mass is 16.1. The van der Waals surface area contributed by atoms with E-state index in [1.807, 2.05) is 18.2 Å². The molecule has 0 saturated heterocycles.